The Bertz CT molecular complexity index is 1020. The van der Waals surface area contributed by atoms with E-state index in [-0.39, 0.29) is 5.57 Å². The average molecular weight is 527 g/mol. The number of carbonyl (C=O) groups excluding carboxylic acids is 3. The molecule has 0 atom stereocenters. The topological polar surface area (TPSA) is 84.9 Å². The first-order valence-corrected chi connectivity index (χ1v) is 9.98. The van der Waals surface area contributed by atoms with E-state index in [1.54, 1.807) is 24.3 Å². The Morgan fingerprint density at radius 1 is 1.17 bits per heavy atom. The molecule has 3 rings (SSSR count). The number of anilines is 1. The van der Waals surface area contributed by atoms with Gasteiger partial charge in [0.05, 0.1) is 23.0 Å². The maximum atomic E-state index is 12.9. The highest BCUT2D eigenvalue weighted by molar-refractivity contribution is 14.1. The van der Waals surface area contributed by atoms with Crippen LogP contribution in [0.1, 0.15) is 12.5 Å². The fourth-order valence-corrected chi connectivity index (χ4v) is 3.66. The van der Waals surface area contributed by atoms with Crippen LogP contribution in [0.4, 0.5) is 10.5 Å². The molecule has 0 saturated carbocycles. The maximum absolute atomic E-state index is 12.9. The second-order valence-corrected chi connectivity index (χ2v) is 7.50. The zero-order valence-electron chi connectivity index (χ0n) is 15.5. The molecule has 9 heteroatoms. The molecule has 2 aromatic carbocycles. The van der Waals surface area contributed by atoms with Crippen LogP contribution in [-0.2, 0) is 9.59 Å². The molecule has 7 nitrogen and oxygen atoms in total. The summed E-state index contributed by atoms with van der Waals surface area (Å²) in [7, 11) is 1.50. The number of hydrogen-bond acceptors (Lipinski definition) is 5. The van der Waals surface area contributed by atoms with Crippen molar-refractivity contribution in [1.29, 1.82) is 0 Å². The van der Waals surface area contributed by atoms with Crippen molar-refractivity contribution < 1.29 is 23.9 Å². The first kappa shape index (κ1) is 21.1. The van der Waals surface area contributed by atoms with Gasteiger partial charge in [-0.15, -0.1) is 0 Å². The monoisotopic (exact) mass is 526 g/mol. The molecule has 1 aliphatic heterocycles. The van der Waals surface area contributed by atoms with Gasteiger partial charge in [0.15, 0.2) is 11.5 Å². The molecule has 150 valence electrons. The number of barbiturate groups is 1. The van der Waals surface area contributed by atoms with E-state index in [0.29, 0.717) is 34.4 Å². The molecule has 0 bridgehead atoms. The molecule has 1 N–H and O–H groups in total. The minimum absolute atomic E-state index is 0.179. The highest BCUT2D eigenvalue weighted by atomic mass is 127. The van der Waals surface area contributed by atoms with Crippen LogP contribution in [0.3, 0.4) is 0 Å². The van der Waals surface area contributed by atoms with E-state index in [2.05, 4.69) is 27.9 Å². The third-order valence-corrected chi connectivity index (χ3v) is 5.09. The lowest BCUT2D eigenvalue weighted by molar-refractivity contribution is -0.122. The predicted molar refractivity (Wildman–Crippen MR) is 117 cm³/mol. The van der Waals surface area contributed by atoms with Crippen LogP contribution in [0, 0.1) is 3.57 Å². The van der Waals surface area contributed by atoms with Crippen molar-refractivity contribution in [3.8, 4) is 11.5 Å². The number of carbonyl (C=O) groups is 3. The number of halogens is 2. The van der Waals surface area contributed by atoms with Crippen molar-refractivity contribution >= 4 is 63.8 Å². The molecule has 4 amide bonds. The first-order chi connectivity index (χ1) is 13.8. The van der Waals surface area contributed by atoms with Gasteiger partial charge in [-0.05, 0) is 77.6 Å². The van der Waals surface area contributed by atoms with Crippen molar-refractivity contribution in [2.75, 3.05) is 18.6 Å². The molecule has 0 spiro atoms. The van der Waals surface area contributed by atoms with Crippen LogP contribution in [0.5, 0.6) is 11.5 Å². The largest absolute Gasteiger partial charge is 0.493 e. The summed E-state index contributed by atoms with van der Waals surface area (Å²) in [5.41, 5.74) is 0.675. The van der Waals surface area contributed by atoms with E-state index >= 15 is 0 Å². The Balaban J connectivity index is 2.02. The number of hydrogen-bond donors (Lipinski definition) is 1. The van der Waals surface area contributed by atoms with Gasteiger partial charge in [-0.3, -0.25) is 14.9 Å². The SMILES string of the molecule is CCOc1c(I)cc(C=C2C(=O)NC(=O)N(c3ccc(Cl)cc3)C2=O)cc1OC. The van der Waals surface area contributed by atoms with Crippen LogP contribution >= 0.6 is 34.2 Å². The maximum Gasteiger partial charge on any atom is 0.335 e. The lowest BCUT2D eigenvalue weighted by Gasteiger charge is -2.26. The summed E-state index contributed by atoms with van der Waals surface area (Å²) in [5.74, 6) is -0.452. The standard InChI is InChI=1S/C20H16ClIN2O5/c1-3-29-17-15(22)9-11(10-16(17)28-2)8-14-18(25)23-20(27)24(19(14)26)13-6-4-12(21)5-7-13/h4-10H,3H2,1-2H3,(H,23,25,27). The molecule has 29 heavy (non-hydrogen) atoms. The Morgan fingerprint density at radius 2 is 1.86 bits per heavy atom. The van der Waals surface area contributed by atoms with Gasteiger partial charge in [-0.25, -0.2) is 9.69 Å². The number of nitrogens with one attached hydrogen (secondary N) is 1. The number of imide groups is 2. The number of nitrogens with zero attached hydrogens (tertiary/aromatic N) is 1. The summed E-state index contributed by atoms with van der Waals surface area (Å²) < 4.78 is 11.7. The predicted octanol–water partition coefficient (Wildman–Crippen LogP) is 4.02. The molecular weight excluding hydrogens is 511 g/mol. The molecule has 0 unspecified atom stereocenters. The van der Waals surface area contributed by atoms with Gasteiger partial charge in [-0.1, -0.05) is 11.6 Å². The van der Waals surface area contributed by atoms with Crippen LogP contribution in [0.25, 0.3) is 6.08 Å². The van der Waals surface area contributed by atoms with Crippen LogP contribution < -0.4 is 19.7 Å². The Morgan fingerprint density at radius 3 is 2.48 bits per heavy atom. The second kappa shape index (κ2) is 8.83. The molecular formula is C20H16ClIN2O5. The summed E-state index contributed by atoms with van der Waals surface area (Å²) in [6.45, 7) is 2.32. The van der Waals surface area contributed by atoms with Crippen molar-refractivity contribution in [2.24, 2.45) is 0 Å². The third-order valence-electron chi connectivity index (χ3n) is 4.04. The number of benzene rings is 2. The molecule has 1 aliphatic rings. The van der Waals surface area contributed by atoms with E-state index in [1.807, 2.05) is 6.92 Å². The van der Waals surface area contributed by atoms with Crippen molar-refractivity contribution in [1.82, 2.24) is 5.32 Å². The van der Waals surface area contributed by atoms with Gasteiger partial charge in [-0.2, -0.15) is 0 Å². The molecule has 0 aromatic heterocycles. The third kappa shape index (κ3) is 4.38. The highest BCUT2D eigenvalue weighted by Gasteiger charge is 2.36. The minimum Gasteiger partial charge on any atom is -0.493 e. The fraction of sp³-hybridized carbons (Fsp3) is 0.150. The van der Waals surface area contributed by atoms with Gasteiger partial charge >= 0.3 is 6.03 Å². The summed E-state index contributed by atoms with van der Waals surface area (Å²) in [5, 5.41) is 2.65. The lowest BCUT2D eigenvalue weighted by atomic mass is 10.1. The average Bonchev–Trinajstić information content (AvgIpc) is 2.68. The van der Waals surface area contributed by atoms with Gasteiger partial charge < -0.3 is 9.47 Å². The van der Waals surface area contributed by atoms with Gasteiger partial charge in [0.25, 0.3) is 11.8 Å². The number of ether oxygens (including phenoxy) is 2. The Kier molecular flexibility index (Phi) is 6.43. The highest BCUT2D eigenvalue weighted by Crippen LogP contribution is 2.35. The number of methoxy groups -OCH3 is 1. The first-order valence-electron chi connectivity index (χ1n) is 8.53. The Hall–Kier alpha value is -2.59. The summed E-state index contributed by atoms with van der Waals surface area (Å²) in [4.78, 5) is 38.4. The van der Waals surface area contributed by atoms with Gasteiger partial charge in [0.2, 0.25) is 0 Å². The zero-order chi connectivity index (χ0) is 21.1. The normalized spacial score (nSPS) is 15.5. The molecule has 1 saturated heterocycles. The van der Waals surface area contributed by atoms with Crippen molar-refractivity contribution in [3.05, 3.63) is 56.1 Å². The fourth-order valence-electron chi connectivity index (χ4n) is 2.76. The summed E-state index contributed by atoms with van der Waals surface area (Å²) in [6.07, 6.45) is 1.41. The number of rotatable bonds is 5. The number of amides is 4. The van der Waals surface area contributed by atoms with E-state index in [9.17, 15) is 14.4 Å². The van der Waals surface area contributed by atoms with Crippen LogP contribution in [0.15, 0.2) is 42.0 Å². The van der Waals surface area contributed by atoms with Gasteiger partial charge in [0.1, 0.15) is 5.57 Å². The molecule has 1 heterocycles. The van der Waals surface area contributed by atoms with Gasteiger partial charge in [0, 0.05) is 5.02 Å². The van der Waals surface area contributed by atoms with Crippen LogP contribution in [0.2, 0.25) is 5.02 Å². The van der Waals surface area contributed by atoms with Crippen molar-refractivity contribution in [3.63, 3.8) is 0 Å². The summed E-state index contributed by atoms with van der Waals surface area (Å²) in [6, 6.07) is 8.74. The van der Waals surface area contributed by atoms with Crippen LogP contribution in [-0.4, -0.2) is 31.6 Å². The van der Waals surface area contributed by atoms with E-state index < -0.39 is 17.8 Å². The van der Waals surface area contributed by atoms with E-state index in [0.717, 1.165) is 8.47 Å². The minimum atomic E-state index is -0.821. The summed E-state index contributed by atoms with van der Waals surface area (Å²) >= 11 is 7.95. The lowest BCUT2D eigenvalue weighted by Crippen LogP contribution is -2.54. The quantitative estimate of drug-likeness (QED) is 0.361. The van der Waals surface area contributed by atoms with E-state index in [4.69, 9.17) is 21.1 Å². The second-order valence-electron chi connectivity index (χ2n) is 5.90. The Labute approximate surface area is 185 Å². The smallest absolute Gasteiger partial charge is 0.335 e. The molecule has 1 fully saturated rings. The molecule has 0 aliphatic carbocycles. The molecule has 0 radical (unpaired) electrons. The molecule has 2 aromatic rings. The van der Waals surface area contributed by atoms with E-state index in [1.165, 1.54) is 25.3 Å². The number of urea groups is 1. The van der Waals surface area contributed by atoms with Crippen molar-refractivity contribution in [2.45, 2.75) is 6.92 Å². The zero-order valence-corrected chi connectivity index (χ0v) is 18.4.